The standard InChI is InChI=1S/C27H30F3N5O3.ClH/c1-37-23-8-6-16(11-24(23)38-2)20-12-22(26(29)30)35-25(33-20)13-21(34-35)15-5-7-18(19(28)10-15)27(36)32-17-4-3-9-31-14-17;/h5-8,10-11,13,17,20,22,26,31,33H,3-4,9,12,14H2,1-2H3,(H,32,36);1H/t17-,20?,22?;/m1./s1. The normalized spacial score (nSPS) is 20.4. The van der Waals surface area contributed by atoms with Crippen LogP contribution in [0.4, 0.5) is 19.0 Å². The molecule has 1 fully saturated rings. The molecule has 12 heteroatoms. The van der Waals surface area contributed by atoms with E-state index in [9.17, 15) is 18.0 Å². The van der Waals surface area contributed by atoms with E-state index in [4.69, 9.17) is 9.47 Å². The van der Waals surface area contributed by atoms with Gasteiger partial charge in [0.2, 0.25) is 0 Å². The number of methoxy groups -OCH3 is 2. The molecule has 3 aromatic rings. The number of hydrogen-bond donors (Lipinski definition) is 3. The number of ether oxygens (including phenoxy) is 2. The largest absolute Gasteiger partial charge is 0.493 e. The average molecular weight is 566 g/mol. The number of nitrogens with one attached hydrogen (secondary N) is 3. The van der Waals surface area contributed by atoms with Gasteiger partial charge in [-0.15, -0.1) is 12.4 Å². The maximum absolute atomic E-state index is 15.0. The van der Waals surface area contributed by atoms with Gasteiger partial charge in [0.05, 0.1) is 31.5 Å². The molecule has 3 heterocycles. The maximum Gasteiger partial charge on any atom is 0.260 e. The van der Waals surface area contributed by atoms with Crippen molar-refractivity contribution in [1.82, 2.24) is 20.4 Å². The highest BCUT2D eigenvalue weighted by atomic mass is 35.5. The molecule has 0 aliphatic carbocycles. The van der Waals surface area contributed by atoms with Crippen molar-refractivity contribution in [3.05, 3.63) is 59.4 Å². The molecule has 0 spiro atoms. The SMILES string of the molecule is COc1ccc(C2CC(C(F)F)n3nc(-c4ccc(C(=O)N[C@@H]5CCCNC5)c(F)c4)cc3N2)cc1OC.Cl. The number of anilines is 1. The van der Waals surface area contributed by atoms with E-state index in [0.29, 0.717) is 35.1 Å². The Labute approximate surface area is 230 Å². The minimum absolute atomic E-state index is 0. The first-order valence-electron chi connectivity index (χ1n) is 12.6. The molecule has 210 valence electrons. The van der Waals surface area contributed by atoms with Gasteiger partial charge in [-0.3, -0.25) is 4.79 Å². The second-order valence-electron chi connectivity index (χ2n) is 9.52. The van der Waals surface area contributed by atoms with E-state index < -0.39 is 30.2 Å². The number of benzene rings is 2. The monoisotopic (exact) mass is 565 g/mol. The number of fused-ring (bicyclic) bond motifs is 1. The van der Waals surface area contributed by atoms with E-state index in [1.165, 1.54) is 31.0 Å². The van der Waals surface area contributed by atoms with Crippen molar-refractivity contribution in [1.29, 1.82) is 0 Å². The molecule has 1 amide bonds. The molecule has 0 bridgehead atoms. The molecular weight excluding hydrogens is 535 g/mol. The van der Waals surface area contributed by atoms with Crippen LogP contribution in [0.2, 0.25) is 0 Å². The lowest BCUT2D eigenvalue weighted by Crippen LogP contribution is -2.45. The quantitative estimate of drug-likeness (QED) is 0.375. The highest BCUT2D eigenvalue weighted by Gasteiger charge is 2.35. The summed E-state index contributed by atoms with van der Waals surface area (Å²) in [4.78, 5) is 12.6. The second kappa shape index (κ2) is 12.2. The number of carbonyl (C=O) groups is 1. The minimum atomic E-state index is -2.66. The fourth-order valence-electron chi connectivity index (χ4n) is 5.07. The molecule has 39 heavy (non-hydrogen) atoms. The predicted octanol–water partition coefficient (Wildman–Crippen LogP) is 4.97. The molecule has 3 N–H and O–H groups in total. The van der Waals surface area contributed by atoms with Crippen LogP contribution < -0.4 is 25.4 Å². The van der Waals surface area contributed by atoms with E-state index in [1.54, 1.807) is 30.3 Å². The fourth-order valence-corrected chi connectivity index (χ4v) is 5.07. The van der Waals surface area contributed by atoms with Gasteiger partial charge in [-0.25, -0.2) is 17.9 Å². The summed E-state index contributed by atoms with van der Waals surface area (Å²) in [7, 11) is 3.04. The topological polar surface area (TPSA) is 89.4 Å². The van der Waals surface area contributed by atoms with Crippen LogP contribution in [0.15, 0.2) is 42.5 Å². The molecule has 5 rings (SSSR count). The number of nitrogens with zero attached hydrogens (tertiary/aromatic N) is 2. The molecular formula is C27H31ClF3N5O3. The number of aromatic nitrogens is 2. The average Bonchev–Trinajstić information content (AvgIpc) is 3.36. The maximum atomic E-state index is 15.0. The fraction of sp³-hybridized carbons (Fsp3) is 0.407. The third-order valence-electron chi connectivity index (χ3n) is 7.09. The Hall–Kier alpha value is -3.44. The number of hydrogen-bond acceptors (Lipinski definition) is 6. The summed E-state index contributed by atoms with van der Waals surface area (Å²) >= 11 is 0. The summed E-state index contributed by atoms with van der Waals surface area (Å²) in [6.07, 6.45) is -0.799. The highest BCUT2D eigenvalue weighted by Crippen LogP contribution is 2.41. The van der Waals surface area contributed by atoms with Crippen LogP contribution in [0.3, 0.4) is 0 Å². The molecule has 1 aromatic heterocycles. The van der Waals surface area contributed by atoms with Gasteiger partial charge >= 0.3 is 0 Å². The van der Waals surface area contributed by atoms with E-state index >= 15 is 0 Å². The van der Waals surface area contributed by atoms with Crippen molar-refractivity contribution in [3.8, 4) is 22.8 Å². The van der Waals surface area contributed by atoms with Crippen molar-refractivity contribution < 1.29 is 27.4 Å². The molecule has 2 aliphatic rings. The first-order chi connectivity index (χ1) is 18.4. The number of amides is 1. The Morgan fingerprint density at radius 1 is 1.13 bits per heavy atom. The summed E-state index contributed by atoms with van der Waals surface area (Å²) in [5.41, 5.74) is 1.41. The molecule has 8 nitrogen and oxygen atoms in total. The zero-order valence-electron chi connectivity index (χ0n) is 21.5. The third-order valence-corrected chi connectivity index (χ3v) is 7.09. The molecule has 2 aromatic carbocycles. The van der Waals surface area contributed by atoms with Gasteiger partial charge in [0.1, 0.15) is 17.7 Å². The second-order valence-corrected chi connectivity index (χ2v) is 9.52. The zero-order chi connectivity index (χ0) is 26.8. The molecule has 2 unspecified atom stereocenters. The number of halogens is 4. The van der Waals surface area contributed by atoms with E-state index in [0.717, 1.165) is 24.9 Å². The Morgan fingerprint density at radius 2 is 1.92 bits per heavy atom. The Balaban J connectivity index is 0.00000353. The predicted molar refractivity (Wildman–Crippen MR) is 144 cm³/mol. The van der Waals surface area contributed by atoms with Crippen LogP contribution in [0.1, 0.15) is 47.3 Å². The lowest BCUT2D eigenvalue weighted by Gasteiger charge is -2.32. The number of piperidine rings is 1. The third kappa shape index (κ3) is 5.94. The van der Waals surface area contributed by atoms with Crippen LogP contribution in [-0.4, -0.2) is 55.5 Å². The van der Waals surface area contributed by atoms with Gasteiger partial charge in [0, 0.05) is 24.2 Å². The Morgan fingerprint density at radius 3 is 2.59 bits per heavy atom. The van der Waals surface area contributed by atoms with E-state index in [-0.39, 0.29) is 30.4 Å². The van der Waals surface area contributed by atoms with Crippen molar-refractivity contribution in [2.45, 2.75) is 43.8 Å². The summed E-state index contributed by atoms with van der Waals surface area (Å²) in [5.74, 6) is 0.252. The highest BCUT2D eigenvalue weighted by molar-refractivity contribution is 5.95. The lowest BCUT2D eigenvalue weighted by molar-refractivity contribution is 0.0659. The van der Waals surface area contributed by atoms with Gasteiger partial charge in [-0.05, 0) is 55.6 Å². The first-order valence-corrected chi connectivity index (χ1v) is 12.6. The van der Waals surface area contributed by atoms with E-state index in [1.807, 2.05) is 0 Å². The van der Waals surface area contributed by atoms with Gasteiger partial charge in [0.25, 0.3) is 12.3 Å². The molecule has 2 aliphatic heterocycles. The summed E-state index contributed by atoms with van der Waals surface area (Å²) in [5, 5.41) is 13.7. The van der Waals surface area contributed by atoms with Gasteiger partial charge in [-0.2, -0.15) is 5.10 Å². The minimum Gasteiger partial charge on any atom is -0.493 e. The Kier molecular flexibility index (Phi) is 8.91. The number of carbonyl (C=O) groups excluding carboxylic acids is 1. The van der Waals surface area contributed by atoms with Crippen molar-refractivity contribution in [3.63, 3.8) is 0 Å². The zero-order valence-corrected chi connectivity index (χ0v) is 22.4. The number of rotatable bonds is 7. The van der Waals surface area contributed by atoms with Gasteiger partial charge in [0.15, 0.2) is 11.5 Å². The van der Waals surface area contributed by atoms with Gasteiger partial charge < -0.3 is 25.4 Å². The summed E-state index contributed by atoms with van der Waals surface area (Å²) in [6.45, 7) is 1.55. The lowest BCUT2D eigenvalue weighted by atomic mass is 9.97. The summed E-state index contributed by atoms with van der Waals surface area (Å²) < 4.78 is 55.1. The number of alkyl halides is 2. The molecule has 3 atom stereocenters. The van der Waals surface area contributed by atoms with E-state index in [2.05, 4.69) is 21.0 Å². The van der Waals surface area contributed by atoms with Crippen LogP contribution in [0.25, 0.3) is 11.3 Å². The van der Waals surface area contributed by atoms with Gasteiger partial charge in [-0.1, -0.05) is 12.1 Å². The molecule has 1 saturated heterocycles. The molecule has 0 radical (unpaired) electrons. The first kappa shape index (κ1) is 28.6. The summed E-state index contributed by atoms with van der Waals surface area (Å²) in [6, 6.07) is 9.44. The molecule has 0 saturated carbocycles. The smallest absolute Gasteiger partial charge is 0.260 e. The van der Waals surface area contributed by atoms with Crippen LogP contribution >= 0.6 is 12.4 Å². The van der Waals surface area contributed by atoms with Crippen LogP contribution in [-0.2, 0) is 0 Å². The Bertz CT molecular complexity index is 1320. The van der Waals surface area contributed by atoms with Crippen molar-refractivity contribution in [2.24, 2.45) is 0 Å². The van der Waals surface area contributed by atoms with Crippen molar-refractivity contribution in [2.75, 3.05) is 32.6 Å². The van der Waals surface area contributed by atoms with Crippen LogP contribution in [0.5, 0.6) is 11.5 Å². The van der Waals surface area contributed by atoms with Crippen molar-refractivity contribution >= 4 is 24.1 Å². The van der Waals surface area contributed by atoms with Crippen LogP contribution in [0, 0.1) is 5.82 Å².